The van der Waals surface area contributed by atoms with Crippen LogP contribution in [0.4, 0.5) is 0 Å². The van der Waals surface area contributed by atoms with Crippen molar-refractivity contribution < 1.29 is 14.0 Å². The number of ether oxygens (including phenoxy) is 2. The van der Waals surface area contributed by atoms with Gasteiger partial charge in [-0.25, -0.2) is 0 Å². The number of methoxy groups -OCH3 is 1. The number of halogens is 1. The molecule has 1 aromatic heterocycles. The van der Waals surface area contributed by atoms with Gasteiger partial charge in [-0.1, -0.05) is 18.1 Å². The fourth-order valence-electron chi connectivity index (χ4n) is 2.08. The van der Waals surface area contributed by atoms with Gasteiger partial charge in [-0.05, 0) is 44.2 Å². The van der Waals surface area contributed by atoms with Crippen LogP contribution in [0.2, 0.25) is 0 Å². The summed E-state index contributed by atoms with van der Waals surface area (Å²) in [6, 6.07) is 6.09. The second-order valence-corrected chi connectivity index (χ2v) is 5.53. The van der Waals surface area contributed by atoms with E-state index in [-0.39, 0.29) is 12.4 Å². The molecule has 0 aliphatic rings. The van der Waals surface area contributed by atoms with E-state index in [9.17, 15) is 0 Å². The zero-order valence-corrected chi connectivity index (χ0v) is 15.9. The van der Waals surface area contributed by atoms with Crippen molar-refractivity contribution in [2.45, 2.75) is 32.7 Å². The van der Waals surface area contributed by atoms with Crippen molar-refractivity contribution in [3.05, 3.63) is 35.5 Å². The normalized spacial score (nSPS) is 12.0. The van der Waals surface area contributed by atoms with E-state index in [1.807, 2.05) is 31.3 Å². The number of hydrogen-bond acceptors (Lipinski definition) is 6. The molecule has 7 heteroatoms. The zero-order valence-electron chi connectivity index (χ0n) is 15.1. The van der Waals surface area contributed by atoms with Gasteiger partial charge in [0.25, 0.3) is 5.89 Å². The van der Waals surface area contributed by atoms with Crippen LogP contribution >= 0.6 is 12.4 Å². The quantitative estimate of drug-likeness (QED) is 0.730. The molecule has 25 heavy (non-hydrogen) atoms. The van der Waals surface area contributed by atoms with Crippen LogP contribution in [-0.4, -0.2) is 36.9 Å². The molecule has 1 heterocycles. The number of aromatic nitrogens is 2. The van der Waals surface area contributed by atoms with Gasteiger partial charge < -0.3 is 19.3 Å². The number of nitrogens with one attached hydrogen (secondary N) is 1. The molecule has 6 nitrogen and oxygen atoms in total. The molecule has 0 spiro atoms. The number of nitrogens with zero attached hydrogens (tertiary/aromatic N) is 2. The van der Waals surface area contributed by atoms with Crippen molar-refractivity contribution >= 4 is 24.6 Å². The molecular formula is C18H26ClN3O3. The lowest BCUT2D eigenvalue weighted by Gasteiger charge is -2.10. The molecule has 1 unspecified atom stereocenters. The first-order chi connectivity index (χ1) is 11.7. The van der Waals surface area contributed by atoms with Gasteiger partial charge in [0, 0.05) is 18.5 Å². The fourth-order valence-corrected chi connectivity index (χ4v) is 2.08. The molecule has 0 amide bonds. The van der Waals surface area contributed by atoms with E-state index in [0.717, 1.165) is 24.2 Å². The Morgan fingerprint density at radius 1 is 1.28 bits per heavy atom. The highest BCUT2D eigenvalue weighted by molar-refractivity contribution is 5.85. The maximum absolute atomic E-state index is 5.65. The molecule has 0 saturated carbocycles. The maximum Gasteiger partial charge on any atom is 0.250 e. The average Bonchev–Trinajstić information content (AvgIpc) is 3.05. The van der Waals surface area contributed by atoms with Crippen LogP contribution in [0, 0.1) is 0 Å². The van der Waals surface area contributed by atoms with Gasteiger partial charge in [-0.2, -0.15) is 4.98 Å². The summed E-state index contributed by atoms with van der Waals surface area (Å²) >= 11 is 0. The van der Waals surface area contributed by atoms with E-state index in [4.69, 9.17) is 14.0 Å². The average molecular weight is 368 g/mol. The van der Waals surface area contributed by atoms with E-state index in [1.54, 1.807) is 13.2 Å². The van der Waals surface area contributed by atoms with Crippen LogP contribution in [0.5, 0.6) is 11.5 Å². The topological polar surface area (TPSA) is 69.4 Å². The summed E-state index contributed by atoms with van der Waals surface area (Å²) in [5.74, 6) is 2.63. The Bertz CT molecular complexity index is 673. The Balaban J connectivity index is 0.00000312. The monoisotopic (exact) mass is 367 g/mol. The molecule has 2 rings (SSSR count). The lowest BCUT2D eigenvalue weighted by Crippen LogP contribution is -2.24. The third kappa shape index (κ3) is 6.40. The molecule has 0 saturated heterocycles. The Kier molecular flexibility index (Phi) is 9.02. The highest BCUT2D eigenvalue weighted by atomic mass is 35.5. The first-order valence-corrected chi connectivity index (χ1v) is 8.15. The fraction of sp³-hybridized carbons (Fsp3) is 0.444. The lowest BCUT2D eigenvalue weighted by molar-refractivity contribution is 0.294. The summed E-state index contributed by atoms with van der Waals surface area (Å²) in [6.45, 7) is 4.81. The molecule has 0 aliphatic carbocycles. The van der Waals surface area contributed by atoms with Crippen molar-refractivity contribution in [2.75, 3.05) is 20.8 Å². The van der Waals surface area contributed by atoms with Gasteiger partial charge in [0.2, 0.25) is 0 Å². The molecule has 1 aromatic carbocycles. The Hall–Kier alpha value is -2.05. The van der Waals surface area contributed by atoms with Crippen LogP contribution in [-0.2, 0) is 6.42 Å². The number of hydrogen-bond donors (Lipinski definition) is 1. The predicted molar refractivity (Wildman–Crippen MR) is 101 cm³/mol. The van der Waals surface area contributed by atoms with E-state index < -0.39 is 0 Å². The molecule has 138 valence electrons. The van der Waals surface area contributed by atoms with Crippen LogP contribution < -0.4 is 14.8 Å². The number of rotatable bonds is 9. The van der Waals surface area contributed by atoms with Crippen molar-refractivity contribution in [1.29, 1.82) is 0 Å². The summed E-state index contributed by atoms with van der Waals surface area (Å²) in [6.07, 6.45) is 5.38. The smallest absolute Gasteiger partial charge is 0.250 e. The Labute approximate surface area is 155 Å². The van der Waals surface area contributed by atoms with Gasteiger partial charge in [-0.3, -0.25) is 0 Å². The number of benzene rings is 1. The van der Waals surface area contributed by atoms with Crippen LogP contribution in [0.1, 0.15) is 37.5 Å². The first-order valence-electron chi connectivity index (χ1n) is 8.15. The minimum absolute atomic E-state index is 0. The summed E-state index contributed by atoms with van der Waals surface area (Å²) in [5.41, 5.74) is 0.971. The van der Waals surface area contributed by atoms with Gasteiger partial charge in [-0.15, -0.1) is 12.4 Å². The van der Waals surface area contributed by atoms with Crippen molar-refractivity contribution in [2.24, 2.45) is 0 Å². The van der Waals surface area contributed by atoms with Crippen LogP contribution in [0.25, 0.3) is 12.2 Å². The first kappa shape index (κ1) is 21.0. The lowest BCUT2D eigenvalue weighted by atomic mass is 10.2. The molecule has 0 radical (unpaired) electrons. The SMILES string of the molecule is CCCOc1ccc(/C=C/c2nc(CC(C)NC)no2)cc1OC.Cl. The second-order valence-electron chi connectivity index (χ2n) is 5.53. The molecule has 0 fully saturated rings. The predicted octanol–water partition coefficient (Wildman–Crippen LogP) is 3.61. The summed E-state index contributed by atoms with van der Waals surface area (Å²) in [4.78, 5) is 4.35. The van der Waals surface area contributed by atoms with Gasteiger partial charge in [0.05, 0.1) is 13.7 Å². The summed E-state index contributed by atoms with van der Waals surface area (Å²) < 4.78 is 16.3. The maximum atomic E-state index is 5.65. The molecule has 2 aromatic rings. The zero-order chi connectivity index (χ0) is 17.4. The Morgan fingerprint density at radius 2 is 2.08 bits per heavy atom. The van der Waals surface area contributed by atoms with Gasteiger partial charge >= 0.3 is 0 Å². The largest absolute Gasteiger partial charge is 0.493 e. The van der Waals surface area contributed by atoms with Crippen LogP contribution in [0.3, 0.4) is 0 Å². The molecule has 1 atom stereocenters. The van der Waals surface area contributed by atoms with Gasteiger partial charge in [0.15, 0.2) is 17.3 Å². The standard InChI is InChI=1S/C18H25N3O3.ClH/c1-5-10-23-15-8-6-14(12-16(15)22-4)7-9-18-20-17(21-24-18)11-13(2)19-3;/h6-9,12-13,19H,5,10-11H2,1-4H3;1H/b9-7+;. The highest BCUT2D eigenvalue weighted by Gasteiger charge is 2.08. The van der Waals surface area contributed by atoms with E-state index >= 15 is 0 Å². The molecule has 0 bridgehead atoms. The van der Waals surface area contributed by atoms with Crippen molar-refractivity contribution in [3.63, 3.8) is 0 Å². The third-order valence-corrected chi connectivity index (χ3v) is 3.53. The third-order valence-electron chi connectivity index (χ3n) is 3.53. The van der Waals surface area contributed by atoms with E-state index in [0.29, 0.717) is 30.1 Å². The summed E-state index contributed by atoms with van der Waals surface area (Å²) in [5, 5.41) is 7.12. The summed E-state index contributed by atoms with van der Waals surface area (Å²) in [7, 11) is 3.54. The van der Waals surface area contributed by atoms with Crippen LogP contribution in [0.15, 0.2) is 22.7 Å². The molecule has 1 N–H and O–H groups in total. The highest BCUT2D eigenvalue weighted by Crippen LogP contribution is 2.28. The van der Waals surface area contributed by atoms with E-state index in [2.05, 4.69) is 29.3 Å². The van der Waals surface area contributed by atoms with E-state index in [1.165, 1.54) is 0 Å². The molecular weight excluding hydrogens is 342 g/mol. The second kappa shape index (κ2) is 10.7. The van der Waals surface area contributed by atoms with Crippen molar-refractivity contribution in [3.8, 4) is 11.5 Å². The minimum atomic E-state index is 0. The molecule has 0 aliphatic heterocycles. The Morgan fingerprint density at radius 3 is 2.76 bits per heavy atom. The minimum Gasteiger partial charge on any atom is -0.493 e. The van der Waals surface area contributed by atoms with Crippen molar-refractivity contribution in [1.82, 2.24) is 15.5 Å². The number of likely N-dealkylation sites (N-methyl/N-ethyl adjacent to an activating group) is 1. The van der Waals surface area contributed by atoms with Gasteiger partial charge in [0.1, 0.15) is 0 Å².